The highest BCUT2D eigenvalue weighted by atomic mass is 19.1. The first-order chi connectivity index (χ1) is 6.93. The molecule has 82 valence electrons. The van der Waals surface area contributed by atoms with Gasteiger partial charge < -0.3 is 0 Å². The summed E-state index contributed by atoms with van der Waals surface area (Å²) in [6.07, 6.45) is 0. The van der Waals surface area contributed by atoms with Crippen molar-refractivity contribution in [3.05, 3.63) is 35.4 Å². The summed E-state index contributed by atoms with van der Waals surface area (Å²) in [5.74, 6) is -1.78. The summed E-state index contributed by atoms with van der Waals surface area (Å²) in [7, 11) is 0. The highest BCUT2D eigenvalue weighted by Gasteiger charge is 2.21. The Morgan fingerprint density at radius 2 is 1.80 bits per heavy atom. The van der Waals surface area contributed by atoms with Gasteiger partial charge in [0.15, 0.2) is 5.78 Å². The van der Waals surface area contributed by atoms with Gasteiger partial charge in [-0.2, -0.15) is 0 Å². The molecule has 0 saturated heterocycles. The highest BCUT2D eigenvalue weighted by molar-refractivity contribution is 5.98. The van der Waals surface area contributed by atoms with Gasteiger partial charge in [0, 0.05) is 5.92 Å². The molecule has 1 aromatic rings. The van der Waals surface area contributed by atoms with Crippen LogP contribution in [0.2, 0.25) is 0 Å². The second-order valence-electron chi connectivity index (χ2n) is 4.02. The van der Waals surface area contributed by atoms with Crippen LogP contribution in [0.15, 0.2) is 18.2 Å². The molecule has 0 N–H and O–H groups in total. The van der Waals surface area contributed by atoms with Crippen molar-refractivity contribution in [3.8, 4) is 0 Å². The minimum Gasteiger partial charge on any atom is -0.294 e. The molecule has 0 fully saturated rings. The standard InChI is InChI=1S/C12H14F2O/c1-7(2)8(3)12(15)10-6-9(13)4-5-11(10)14/h4-8H,1-3H3. The fourth-order valence-corrected chi connectivity index (χ4v) is 1.23. The van der Waals surface area contributed by atoms with E-state index in [9.17, 15) is 13.6 Å². The van der Waals surface area contributed by atoms with Crippen molar-refractivity contribution in [3.63, 3.8) is 0 Å². The highest BCUT2D eigenvalue weighted by Crippen LogP contribution is 2.19. The van der Waals surface area contributed by atoms with E-state index in [2.05, 4.69) is 0 Å². The molecule has 0 spiro atoms. The summed E-state index contributed by atoms with van der Waals surface area (Å²) < 4.78 is 26.1. The lowest BCUT2D eigenvalue weighted by molar-refractivity contribution is 0.0895. The predicted octanol–water partition coefficient (Wildman–Crippen LogP) is 3.44. The van der Waals surface area contributed by atoms with Crippen molar-refractivity contribution in [1.29, 1.82) is 0 Å². The van der Waals surface area contributed by atoms with E-state index in [4.69, 9.17) is 0 Å². The zero-order chi connectivity index (χ0) is 11.6. The van der Waals surface area contributed by atoms with E-state index >= 15 is 0 Å². The molecule has 0 radical (unpaired) electrons. The van der Waals surface area contributed by atoms with E-state index in [0.717, 1.165) is 18.2 Å². The summed E-state index contributed by atoms with van der Waals surface area (Å²) in [6.45, 7) is 5.47. The largest absolute Gasteiger partial charge is 0.294 e. The normalized spacial score (nSPS) is 12.9. The van der Waals surface area contributed by atoms with E-state index in [1.807, 2.05) is 13.8 Å². The maximum absolute atomic E-state index is 13.3. The minimum absolute atomic E-state index is 0.111. The topological polar surface area (TPSA) is 17.1 Å². The molecule has 0 amide bonds. The molecule has 0 saturated carbocycles. The minimum atomic E-state index is -0.658. The summed E-state index contributed by atoms with van der Waals surface area (Å²) in [4.78, 5) is 11.8. The zero-order valence-electron chi connectivity index (χ0n) is 9.05. The molecule has 0 aromatic heterocycles. The van der Waals surface area contributed by atoms with E-state index in [1.165, 1.54) is 0 Å². The number of hydrogen-bond donors (Lipinski definition) is 0. The van der Waals surface area contributed by atoms with E-state index in [-0.39, 0.29) is 23.2 Å². The van der Waals surface area contributed by atoms with Crippen LogP contribution >= 0.6 is 0 Å². The van der Waals surface area contributed by atoms with Crippen LogP contribution < -0.4 is 0 Å². The Morgan fingerprint density at radius 3 is 2.33 bits per heavy atom. The van der Waals surface area contributed by atoms with Gasteiger partial charge in [0.2, 0.25) is 0 Å². The zero-order valence-corrected chi connectivity index (χ0v) is 9.05. The van der Waals surface area contributed by atoms with Gasteiger partial charge >= 0.3 is 0 Å². The Morgan fingerprint density at radius 1 is 1.20 bits per heavy atom. The number of hydrogen-bond acceptors (Lipinski definition) is 1. The lowest BCUT2D eigenvalue weighted by Crippen LogP contribution is -2.18. The number of Topliss-reactive ketones (excluding diaryl/α,β-unsaturated/α-hetero) is 1. The number of carbonyl (C=O) groups excluding carboxylic acids is 1. The van der Waals surface area contributed by atoms with Crippen molar-refractivity contribution in [2.75, 3.05) is 0 Å². The third-order valence-corrected chi connectivity index (χ3v) is 2.61. The second kappa shape index (κ2) is 4.51. The molecular weight excluding hydrogens is 198 g/mol. The fourth-order valence-electron chi connectivity index (χ4n) is 1.23. The van der Waals surface area contributed by atoms with Gasteiger partial charge in [0.05, 0.1) is 5.56 Å². The molecule has 1 nitrogen and oxygen atoms in total. The average molecular weight is 212 g/mol. The maximum Gasteiger partial charge on any atom is 0.168 e. The molecule has 0 aliphatic rings. The van der Waals surface area contributed by atoms with Gasteiger partial charge in [-0.25, -0.2) is 8.78 Å². The Kier molecular flexibility index (Phi) is 3.56. The van der Waals surface area contributed by atoms with Crippen LogP contribution in [0.25, 0.3) is 0 Å². The van der Waals surface area contributed by atoms with Crippen LogP contribution in [-0.2, 0) is 0 Å². The SMILES string of the molecule is CC(C)C(C)C(=O)c1cc(F)ccc1F. The molecule has 3 heteroatoms. The van der Waals surface area contributed by atoms with E-state index in [1.54, 1.807) is 6.92 Å². The predicted molar refractivity (Wildman–Crippen MR) is 54.7 cm³/mol. The number of carbonyl (C=O) groups is 1. The lowest BCUT2D eigenvalue weighted by Gasteiger charge is -2.14. The van der Waals surface area contributed by atoms with Crippen LogP contribution in [0.5, 0.6) is 0 Å². The molecule has 15 heavy (non-hydrogen) atoms. The van der Waals surface area contributed by atoms with Crippen molar-refractivity contribution >= 4 is 5.78 Å². The van der Waals surface area contributed by atoms with Crippen LogP contribution in [0.1, 0.15) is 31.1 Å². The van der Waals surface area contributed by atoms with Crippen LogP contribution in [-0.4, -0.2) is 5.78 Å². The third kappa shape index (κ3) is 2.61. The maximum atomic E-state index is 13.3. The smallest absolute Gasteiger partial charge is 0.168 e. The number of benzene rings is 1. The van der Waals surface area contributed by atoms with Gasteiger partial charge in [-0.1, -0.05) is 20.8 Å². The third-order valence-electron chi connectivity index (χ3n) is 2.61. The number of halogens is 2. The molecular formula is C12H14F2O. The Balaban J connectivity index is 3.05. The van der Waals surface area contributed by atoms with Crippen molar-refractivity contribution < 1.29 is 13.6 Å². The average Bonchev–Trinajstić information content (AvgIpc) is 2.19. The summed E-state index contributed by atoms with van der Waals surface area (Å²) in [5.41, 5.74) is -0.156. The Bertz CT molecular complexity index is 372. The van der Waals surface area contributed by atoms with Crippen molar-refractivity contribution in [2.24, 2.45) is 11.8 Å². The van der Waals surface area contributed by atoms with Gasteiger partial charge in [-0.15, -0.1) is 0 Å². The van der Waals surface area contributed by atoms with Gasteiger partial charge in [-0.3, -0.25) is 4.79 Å². The summed E-state index contributed by atoms with van der Waals surface area (Å²) in [5, 5.41) is 0. The van der Waals surface area contributed by atoms with Gasteiger partial charge in [-0.05, 0) is 24.1 Å². The van der Waals surface area contributed by atoms with Gasteiger partial charge in [0.1, 0.15) is 11.6 Å². The first-order valence-electron chi connectivity index (χ1n) is 4.92. The van der Waals surface area contributed by atoms with Crippen molar-refractivity contribution in [2.45, 2.75) is 20.8 Å². The monoisotopic (exact) mass is 212 g/mol. The first kappa shape index (κ1) is 11.8. The van der Waals surface area contributed by atoms with E-state index < -0.39 is 11.6 Å². The molecule has 0 heterocycles. The summed E-state index contributed by atoms with van der Waals surface area (Å²) >= 11 is 0. The van der Waals surface area contributed by atoms with Crippen molar-refractivity contribution in [1.82, 2.24) is 0 Å². The van der Waals surface area contributed by atoms with Crippen LogP contribution in [0, 0.1) is 23.5 Å². The number of ketones is 1. The van der Waals surface area contributed by atoms with Crippen LogP contribution in [0.3, 0.4) is 0 Å². The quantitative estimate of drug-likeness (QED) is 0.701. The van der Waals surface area contributed by atoms with Crippen LogP contribution in [0.4, 0.5) is 8.78 Å². The second-order valence-corrected chi connectivity index (χ2v) is 4.02. The Hall–Kier alpha value is -1.25. The number of rotatable bonds is 3. The van der Waals surface area contributed by atoms with E-state index in [0.29, 0.717) is 0 Å². The lowest BCUT2D eigenvalue weighted by atomic mass is 9.89. The molecule has 1 unspecified atom stereocenters. The molecule has 1 rings (SSSR count). The molecule has 1 atom stereocenters. The summed E-state index contributed by atoms with van der Waals surface area (Å²) in [6, 6.07) is 2.94. The first-order valence-corrected chi connectivity index (χ1v) is 4.92. The molecule has 0 aliphatic carbocycles. The molecule has 1 aromatic carbocycles. The molecule has 0 bridgehead atoms. The Labute approximate surface area is 88.1 Å². The fraction of sp³-hybridized carbons (Fsp3) is 0.417. The molecule has 0 aliphatic heterocycles. The van der Waals surface area contributed by atoms with Gasteiger partial charge in [0.25, 0.3) is 0 Å².